The van der Waals surface area contributed by atoms with E-state index in [1.54, 1.807) is 20.8 Å². The highest BCUT2D eigenvalue weighted by atomic mass is 16.7. The number of ether oxygens (including phenoxy) is 3. The zero-order valence-corrected chi connectivity index (χ0v) is 15.1. The smallest absolute Gasteiger partial charge is 0.408 e. The number of alkyl carbamates (subject to hydrolysis) is 1. The number of Topliss-reactive ketones (excluding diaryl/α,β-unsaturated/α-hetero) is 1. The molecule has 25 heavy (non-hydrogen) atoms. The van der Waals surface area contributed by atoms with Crippen molar-refractivity contribution in [2.75, 3.05) is 13.2 Å². The van der Waals surface area contributed by atoms with E-state index in [-0.39, 0.29) is 18.5 Å². The average molecular weight is 349 g/mol. The number of hydrogen-bond acceptors (Lipinski definition) is 5. The minimum absolute atomic E-state index is 0.0613. The molecule has 2 rings (SSSR count). The van der Waals surface area contributed by atoms with Gasteiger partial charge in [0, 0.05) is 12.8 Å². The van der Waals surface area contributed by atoms with Crippen LogP contribution in [0.4, 0.5) is 4.79 Å². The van der Waals surface area contributed by atoms with Crippen molar-refractivity contribution in [3.8, 4) is 0 Å². The number of benzene rings is 1. The molecular formula is C19H27NO5. The molecule has 1 aromatic rings. The van der Waals surface area contributed by atoms with Gasteiger partial charge in [0.2, 0.25) is 0 Å². The monoisotopic (exact) mass is 349 g/mol. The van der Waals surface area contributed by atoms with Crippen molar-refractivity contribution >= 4 is 11.9 Å². The van der Waals surface area contributed by atoms with Crippen LogP contribution in [0, 0.1) is 0 Å². The van der Waals surface area contributed by atoms with Gasteiger partial charge in [-0.1, -0.05) is 30.3 Å². The van der Waals surface area contributed by atoms with Crippen LogP contribution >= 0.6 is 0 Å². The standard InChI is InChI=1S/C19H27NO5/c1-19(2,3)25-18(22)20-15(13-14-7-5-4-6-8-14)16(21)9-10-17-23-11-12-24-17/h4-8,15,17H,9-13H2,1-3H3,(H,20,22)/t15-/m0/s1. The van der Waals surface area contributed by atoms with Gasteiger partial charge in [-0.05, 0) is 32.8 Å². The van der Waals surface area contributed by atoms with Crippen LogP contribution in [0.25, 0.3) is 0 Å². The Kier molecular flexibility index (Phi) is 6.96. The Morgan fingerprint density at radius 2 is 1.84 bits per heavy atom. The molecule has 1 heterocycles. The molecule has 1 amide bonds. The molecule has 1 N–H and O–H groups in total. The third-order valence-corrected chi connectivity index (χ3v) is 3.68. The summed E-state index contributed by atoms with van der Waals surface area (Å²) in [5.41, 5.74) is 0.362. The highest BCUT2D eigenvalue weighted by Crippen LogP contribution is 2.14. The Bertz CT molecular complexity index is 561. The first-order valence-electron chi connectivity index (χ1n) is 8.63. The van der Waals surface area contributed by atoms with E-state index in [2.05, 4.69) is 5.32 Å². The molecule has 138 valence electrons. The van der Waals surface area contributed by atoms with Crippen LogP contribution < -0.4 is 5.32 Å². The van der Waals surface area contributed by atoms with E-state index in [4.69, 9.17) is 14.2 Å². The summed E-state index contributed by atoms with van der Waals surface area (Å²) in [6.07, 6.45) is 0.265. The van der Waals surface area contributed by atoms with Gasteiger partial charge >= 0.3 is 6.09 Å². The number of amides is 1. The molecule has 1 saturated heterocycles. The number of nitrogens with one attached hydrogen (secondary N) is 1. The number of carbonyl (C=O) groups is 2. The van der Waals surface area contributed by atoms with Gasteiger partial charge in [0.15, 0.2) is 12.1 Å². The molecule has 0 radical (unpaired) electrons. The maximum Gasteiger partial charge on any atom is 0.408 e. The molecule has 1 aliphatic rings. The zero-order chi connectivity index (χ0) is 18.3. The van der Waals surface area contributed by atoms with E-state index < -0.39 is 17.7 Å². The summed E-state index contributed by atoms with van der Waals surface area (Å²) in [5.74, 6) is -0.0613. The van der Waals surface area contributed by atoms with E-state index >= 15 is 0 Å². The molecule has 0 aliphatic carbocycles. The molecule has 0 aromatic heterocycles. The Labute approximate surface area is 148 Å². The third kappa shape index (κ3) is 7.23. The molecule has 0 spiro atoms. The largest absolute Gasteiger partial charge is 0.444 e. The summed E-state index contributed by atoms with van der Waals surface area (Å²) < 4.78 is 16.0. The molecule has 1 aromatic carbocycles. The molecule has 1 fully saturated rings. The van der Waals surface area contributed by atoms with Crippen LogP contribution in [0.3, 0.4) is 0 Å². The van der Waals surface area contributed by atoms with E-state index in [1.165, 1.54) is 0 Å². The van der Waals surface area contributed by atoms with Crippen molar-refractivity contribution in [1.29, 1.82) is 0 Å². The van der Waals surface area contributed by atoms with Gasteiger partial charge in [-0.15, -0.1) is 0 Å². The summed E-state index contributed by atoms with van der Waals surface area (Å²) in [5, 5.41) is 2.70. The van der Waals surface area contributed by atoms with Gasteiger partial charge in [-0.25, -0.2) is 4.79 Å². The fourth-order valence-corrected chi connectivity index (χ4v) is 2.55. The number of rotatable bonds is 7. The number of carbonyl (C=O) groups excluding carboxylic acids is 2. The van der Waals surface area contributed by atoms with Crippen LogP contribution in [0.15, 0.2) is 30.3 Å². The van der Waals surface area contributed by atoms with Gasteiger partial charge in [0.25, 0.3) is 0 Å². The first kappa shape index (κ1) is 19.4. The summed E-state index contributed by atoms with van der Waals surface area (Å²) >= 11 is 0. The Morgan fingerprint density at radius 1 is 1.20 bits per heavy atom. The normalized spacial score (nSPS) is 16.4. The number of hydrogen-bond donors (Lipinski definition) is 1. The summed E-state index contributed by atoms with van der Waals surface area (Å²) in [4.78, 5) is 24.7. The average Bonchev–Trinajstić information content (AvgIpc) is 3.04. The van der Waals surface area contributed by atoms with Gasteiger partial charge in [0.05, 0.1) is 19.3 Å². The van der Waals surface area contributed by atoms with Gasteiger partial charge in [-0.3, -0.25) is 4.79 Å². The lowest BCUT2D eigenvalue weighted by Gasteiger charge is -2.23. The lowest BCUT2D eigenvalue weighted by molar-refractivity contribution is -0.123. The lowest BCUT2D eigenvalue weighted by atomic mass is 9.99. The maximum absolute atomic E-state index is 12.6. The fraction of sp³-hybridized carbons (Fsp3) is 0.579. The molecule has 0 bridgehead atoms. The molecule has 6 heteroatoms. The van der Waals surface area contributed by atoms with Gasteiger partial charge in [-0.2, -0.15) is 0 Å². The zero-order valence-electron chi connectivity index (χ0n) is 15.1. The molecule has 0 unspecified atom stereocenters. The topological polar surface area (TPSA) is 73.9 Å². The van der Waals surface area contributed by atoms with Crippen molar-refractivity contribution in [2.24, 2.45) is 0 Å². The molecule has 6 nitrogen and oxygen atoms in total. The first-order valence-corrected chi connectivity index (χ1v) is 8.63. The highest BCUT2D eigenvalue weighted by Gasteiger charge is 2.26. The van der Waals surface area contributed by atoms with Gasteiger partial charge < -0.3 is 19.5 Å². The third-order valence-electron chi connectivity index (χ3n) is 3.68. The Morgan fingerprint density at radius 3 is 2.44 bits per heavy atom. The summed E-state index contributed by atoms with van der Waals surface area (Å²) in [6, 6.07) is 8.95. The number of ketones is 1. The maximum atomic E-state index is 12.6. The van der Waals surface area contributed by atoms with Crippen LogP contribution in [-0.4, -0.2) is 43.0 Å². The second-order valence-corrected chi connectivity index (χ2v) is 7.06. The van der Waals surface area contributed by atoms with Crippen molar-refractivity contribution < 1.29 is 23.8 Å². The van der Waals surface area contributed by atoms with E-state index in [0.29, 0.717) is 26.1 Å². The lowest BCUT2D eigenvalue weighted by Crippen LogP contribution is -2.44. The van der Waals surface area contributed by atoms with Crippen LogP contribution in [0.5, 0.6) is 0 Å². The predicted octanol–water partition coefficient (Wildman–Crippen LogP) is 2.84. The Hall–Kier alpha value is -1.92. The minimum atomic E-state index is -0.640. The summed E-state index contributed by atoms with van der Waals surface area (Å²) in [6.45, 7) is 6.48. The second kappa shape index (κ2) is 8.97. The highest BCUT2D eigenvalue weighted by molar-refractivity contribution is 5.87. The first-order chi connectivity index (χ1) is 11.8. The molecule has 1 atom stereocenters. The van der Waals surface area contributed by atoms with Crippen molar-refractivity contribution in [3.63, 3.8) is 0 Å². The minimum Gasteiger partial charge on any atom is -0.444 e. The van der Waals surface area contributed by atoms with Crippen LogP contribution in [0.1, 0.15) is 39.2 Å². The van der Waals surface area contributed by atoms with Crippen molar-refractivity contribution in [1.82, 2.24) is 5.32 Å². The van der Waals surface area contributed by atoms with Crippen LogP contribution in [0.2, 0.25) is 0 Å². The SMILES string of the molecule is CC(C)(C)OC(=O)N[C@@H](Cc1ccccc1)C(=O)CCC1OCCO1. The quantitative estimate of drug-likeness (QED) is 0.819. The van der Waals surface area contributed by atoms with Crippen molar-refractivity contribution in [2.45, 2.75) is 58.0 Å². The van der Waals surface area contributed by atoms with Crippen molar-refractivity contribution in [3.05, 3.63) is 35.9 Å². The van der Waals surface area contributed by atoms with E-state index in [0.717, 1.165) is 5.56 Å². The summed E-state index contributed by atoms with van der Waals surface area (Å²) in [7, 11) is 0. The van der Waals surface area contributed by atoms with Crippen LogP contribution in [-0.2, 0) is 25.4 Å². The second-order valence-electron chi connectivity index (χ2n) is 7.06. The van der Waals surface area contributed by atoms with Gasteiger partial charge in [0.1, 0.15) is 5.60 Å². The fourth-order valence-electron chi connectivity index (χ4n) is 2.55. The Balaban J connectivity index is 1.97. The van der Waals surface area contributed by atoms with E-state index in [9.17, 15) is 9.59 Å². The molecule has 0 saturated carbocycles. The predicted molar refractivity (Wildman–Crippen MR) is 93.2 cm³/mol. The molecular weight excluding hydrogens is 322 g/mol. The molecule has 1 aliphatic heterocycles. The van der Waals surface area contributed by atoms with E-state index in [1.807, 2.05) is 30.3 Å².